The number of anilines is 1. The Balaban J connectivity index is 1.14. The third kappa shape index (κ3) is 4.20. The van der Waals surface area contributed by atoms with Gasteiger partial charge < -0.3 is 29.2 Å². The van der Waals surface area contributed by atoms with E-state index in [9.17, 15) is 14.7 Å². The molecule has 0 radical (unpaired) electrons. The van der Waals surface area contributed by atoms with Gasteiger partial charge in [-0.25, -0.2) is 9.97 Å². The fourth-order valence-corrected chi connectivity index (χ4v) is 8.33. The van der Waals surface area contributed by atoms with Gasteiger partial charge in [0.1, 0.15) is 16.9 Å². The summed E-state index contributed by atoms with van der Waals surface area (Å²) in [6, 6.07) is 15.9. The first kappa shape index (κ1) is 28.5. The van der Waals surface area contributed by atoms with Crippen molar-refractivity contribution in [2.75, 3.05) is 19.0 Å². The first-order chi connectivity index (χ1) is 22.6. The number of aryl methyl sites for hydroxylation is 1. The molecule has 2 aromatic carbocycles. The number of aliphatic hydroxyl groups is 1. The summed E-state index contributed by atoms with van der Waals surface area (Å²) in [5.41, 5.74) is 5.18. The number of pyridine rings is 1. The van der Waals surface area contributed by atoms with Crippen molar-refractivity contribution in [2.45, 2.75) is 57.7 Å². The molecule has 3 unspecified atom stereocenters. The van der Waals surface area contributed by atoms with Gasteiger partial charge in [0.05, 0.1) is 24.0 Å². The van der Waals surface area contributed by atoms with Crippen molar-refractivity contribution >= 4 is 39.6 Å². The molecule has 5 heterocycles. The highest BCUT2D eigenvalue weighted by atomic mass is 16.5. The fourth-order valence-electron chi connectivity index (χ4n) is 8.33. The Kier molecular flexibility index (Phi) is 6.01. The summed E-state index contributed by atoms with van der Waals surface area (Å²) in [6.45, 7) is 5.45. The van der Waals surface area contributed by atoms with Gasteiger partial charge in [0.15, 0.2) is 11.4 Å². The number of methoxy groups -OCH3 is 1. The number of nitrogens with zero attached hydrogens (tertiary/aromatic N) is 5. The quantitative estimate of drug-likeness (QED) is 0.249. The van der Waals surface area contributed by atoms with E-state index in [2.05, 4.69) is 38.4 Å². The van der Waals surface area contributed by atoms with E-state index < -0.39 is 11.5 Å². The molecule has 1 saturated heterocycles. The number of hydrogen-bond donors (Lipinski definition) is 2. The maximum atomic E-state index is 13.8. The minimum absolute atomic E-state index is 0.0595. The second kappa shape index (κ2) is 9.90. The molecule has 10 heteroatoms. The van der Waals surface area contributed by atoms with Gasteiger partial charge in [0.25, 0.3) is 11.8 Å². The predicted molar refractivity (Wildman–Crippen MR) is 179 cm³/mol. The van der Waals surface area contributed by atoms with Crippen LogP contribution in [0.4, 0.5) is 5.69 Å². The lowest BCUT2D eigenvalue weighted by atomic mass is 9.95. The van der Waals surface area contributed by atoms with Gasteiger partial charge in [-0.3, -0.25) is 9.59 Å². The van der Waals surface area contributed by atoms with Crippen molar-refractivity contribution in [3.05, 3.63) is 59.7 Å². The number of nitrogens with one attached hydrogen (secondary N) is 1. The molecular weight excluding hydrogens is 592 g/mol. The largest absolute Gasteiger partial charge is 0.494 e. The zero-order valence-corrected chi connectivity index (χ0v) is 27.1. The molecule has 47 heavy (non-hydrogen) atoms. The average Bonchev–Trinajstić information content (AvgIpc) is 3.33. The van der Waals surface area contributed by atoms with Crippen LogP contribution in [0.25, 0.3) is 44.8 Å². The van der Waals surface area contributed by atoms with Crippen molar-refractivity contribution in [1.29, 1.82) is 0 Å². The molecule has 2 bridgehead atoms. The van der Waals surface area contributed by atoms with E-state index in [0.29, 0.717) is 46.4 Å². The van der Waals surface area contributed by atoms with Crippen LogP contribution in [-0.2, 0) is 24.0 Å². The number of piperidine rings is 1. The van der Waals surface area contributed by atoms with E-state index in [1.54, 1.807) is 7.11 Å². The molecule has 5 aromatic rings. The van der Waals surface area contributed by atoms with Crippen LogP contribution in [0.3, 0.4) is 0 Å². The molecule has 3 aromatic heterocycles. The predicted octanol–water partition coefficient (Wildman–Crippen LogP) is 5.71. The van der Waals surface area contributed by atoms with E-state index in [1.165, 1.54) is 26.2 Å². The number of aromatic nitrogens is 4. The van der Waals surface area contributed by atoms with Gasteiger partial charge in [0, 0.05) is 53.9 Å². The Hall–Kier alpha value is -4.70. The number of ether oxygens (including phenoxy) is 1. The third-order valence-electron chi connectivity index (χ3n) is 11.3. The summed E-state index contributed by atoms with van der Waals surface area (Å²) < 4.78 is 10.2. The van der Waals surface area contributed by atoms with Gasteiger partial charge in [-0.05, 0) is 92.8 Å². The number of rotatable bonds is 6. The van der Waals surface area contributed by atoms with Gasteiger partial charge >= 0.3 is 0 Å². The lowest BCUT2D eigenvalue weighted by Crippen LogP contribution is -2.38. The normalized spacial score (nSPS) is 24.8. The Morgan fingerprint density at radius 2 is 1.91 bits per heavy atom. The van der Waals surface area contributed by atoms with E-state index in [4.69, 9.17) is 14.7 Å². The number of fused-ring (bicyclic) bond motifs is 5. The van der Waals surface area contributed by atoms with Crippen LogP contribution < -0.4 is 10.1 Å². The molecule has 4 aliphatic rings. The lowest BCUT2D eigenvalue weighted by molar-refractivity contribution is -0.131. The summed E-state index contributed by atoms with van der Waals surface area (Å²) in [6.07, 6.45) is 4.65. The summed E-state index contributed by atoms with van der Waals surface area (Å²) in [4.78, 5) is 38.5. The number of carbonyl (C=O) groups is 2. The topological polar surface area (TPSA) is 115 Å². The highest BCUT2D eigenvalue weighted by molar-refractivity contribution is 6.05. The number of amides is 2. The molecular formula is C37H38N6O4. The molecule has 2 amide bonds. The molecule has 0 spiro atoms. The Morgan fingerprint density at radius 3 is 2.64 bits per heavy atom. The third-order valence-corrected chi connectivity index (χ3v) is 11.3. The molecule has 240 valence electrons. The van der Waals surface area contributed by atoms with Crippen LogP contribution in [0.5, 0.6) is 5.75 Å². The SMILES string of the molecule is COc1cc(C(=O)N2CC3CCC2[C@@H]3C)cc2nc(-c3cc4ccc(-c5ccc6c(c5)C(C)(O)C(=O)N6)nc4n3CC3CC3)n(C)c12. The van der Waals surface area contributed by atoms with E-state index in [0.717, 1.165) is 64.4 Å². The molecule has 10 nitrogen and oxygen atoms in total. The minimum Gasteiger partial charge on any atom is -0.494 e. The minimum atomic E-state index is -1.59. The number of benzene rings is 2. The van der Waals surface area contributed by atoms with Crippen molar-refractivity contribution in [2.24, 2.45) is 24.8 Å². The summed E-state index contributed by atoms with van der Waals surface area (Å²) in [5, 5.41) is 14.6. The van der Waals surface area contributed by atoms with E-state index >= 15 is 0 Å². The average molecular weight is 631 g/mol. The number of imidazole rings is 1. The maximum Gasteiger partial charge on any atom is 0.260 e. The van der Waals surface area contributed by atoms with Crippen molar-refractivity contribution < 1.29 is 19.4 Å². The Labute approximate surface area is 272 Å². The molecule has 4 atom stereocenters. The molecule has 2 saturated carbocycles. The van der Waals surface area contributed by atoms with Crippen LogP contribution in [0, 0.1) is 17.8 Å². The van der Waals surface area contributed by atoms with Crippen LogP contribution >= 0.6 is 0 Å². The first-order valence-electron chi connectivity index (χ1n) is 16.7. The summed E-state index contributed by atoms with van der Waals surface area (Å²) >= 11 is 0. The van der Waals surface area contributed by atoms with Crippen molar-refractivity contribution in [1.82, 2.24) is 24.0 Å². The highest BCUT2D eigenvalue weighted by Gasteiger charge is 2.46. The molecule has 3 fully saturated rings. The lowest BCUT2D eigenvalue weighted by Gasteiger charge is -2.27. The fraction of sp³-hybridized carbons (Fsp3) is 0.405. The zero-order valence-electron chi connectivity index (χ0n) is 27.1. The summed E-state index contributed by atoms with van der Waals surface area (Å²) in [5.74, 6) is 2.78. The van der Waals surface area contributed by atoms with Crippen LogP contribution in [-0.4, -0.2) is 60.6 Å². The van der Waals surface area contributed by atoms with Gasteiger partial charge in [0.2, 0.25) is 0 Å². The van der Waals surface area contributed by atoms with E-state index in [1.807, 2.05) is 43.4 Å². The number of likely N-dealkylation sites (tertiary alicyclic amines) is 1. The van der Waals surface area contributed by atoms with Gasteiger partial charge in [-0.2, -0.15) is 0 Å². The van der Waals surface area contributed by atoms with Crippen LogP contribution in [0.15, 0.2) is 48.5 Å². The maximum absolute atomic E-state index is 13.8. The van der Waals surface area contributed by atoms with E-state index in [-0.39, 0.29) is 5.91 Å². The zero-order chi connectivity index (χ0) is 32.4. The molecule has 2 aliphatic carbocycles. The highest BCUT2D eigenvalue weighted by Crippen LogP contribution is 2.44. The first-order valence-corrected chi connectivity index (χ1v) is 16.7. The molecule has 2 aliphatic heterocycles. The Morgan fingerprint density at radius 1 is 1.09 bits per heavy atom. The number of carbonyl (C=O) groups excluding carboxylic acids is 2. The molecule has 2 N–H and O–H groups in total. The number of hydrogen-bond acceptors (Lipinski definition) is 6. The van der Waals surface area contributed by atoms with Crippen molar-refractivity contribution in [3.8, 4) is 28.5 Å². The van der Waals surface area contributed by atoms with Crippen molar-refractivity contribution in [3.63, 3.8) is 0 Å². The second-order valence-corrected chi connectivity index (χ2v) is 14.2. The standard InChI is InChI=1S/C37H38N6O4/c1-19-23-9-12-29(19)43(18-23)35(44)24-14-28-32(31(16-24)47-4)41(3)34(39-28)30-15-22-8-10-26(38-33(22)42(30)17-20-5-6-20)21-7-11-27-25(13-21)37(2,46)36(45)40-27/h7-8,10-11,13-16,19-20,23,29,46H,5-6,9,12,17-18H2,1-4H3,(H,40,45)/t19-,23?,29?,37?/m1/s1. The monoisotopic (exact) mass is 630 g/mol. The smallest absolute Gasteiger partial charge is 0.260 e. The molecule has 9 rings (SSSR count). The Bertz CT molecular complexity index is 2160. The van der Waals surface area contributed by atoms with Gasteiger partial charge in [-0.15, -0.1) is 0 Å². The van der Waals surface area contributed by atoms with Crippen LogP contribution in [0.2, 0.25) is 0 Å². The second-order valence-electron chi connectivity index (χ2n) is 14.2. The van der Waals surface area contributed by atoms with Gasteiger partial charge in [-0.1, -0.05) is 13.0 Å². The summed E-state index contributed by atoms with van der Waals surface area (Å²) in [7, 11) is 3.65. The van der Waals surface area contributed by atoms with Crippen LogP contribution in [0.1, 0.15) is 55.5 Å².